The fourth-order valence-corrected chi connectivity index (χ4v) is 6.35. The van der Waals surface area contributed by atoms with Crippen LogP contribution < -0.4 is 10.2 Å². The number of rotatable bonds is 6. The lowest BCUT2D eigenvalue weighted by molar-refractivity contribution is -0.0440. The molecular formula is C25H33FN4O3S. The van der Waals surface area contributed by atoms with Gasteiger partial charge in [0, 0.05) is 36.6 Å². The van der Waals surface area contributed by atoms with Crippen molar-refractivity contribution in [3.8, 4) is 0 Å². The molecule has 1 spiro atoms. The van der Waals surface area contributed by atoms with Crippen LogP contribution >= 0.6 is 0 Å². The summed E-state index contributed by atoms with van der Waals surface area (Å²) in [4.78, 5) is 8.69. The molecule has 2 heterocycles. The smallest absolute Gasteiger partial charge is 0.188 e. The maximum atomic E-state index is 14.0. The molecular weight excluding hydrogens is 455 g/mol. The third-order valence-corrected chi connectivity index (χ3v) is 9.21. The normalized spacial score (nSPS) is 30.2. The molecule has 0 amide bonds. The molecule has 0 radical (unpaired) electrons. The second-order valence-electron chi connectivity index (χ2n) is 10.3. The van der Waals surface area contributed by atoms with Crippen molar-refractivity contribution in [2.75, 3.05) is 31.3 Å². The molecule has 2 aliphatic carbocycles. The third kappa shape index (κ3) is 4.23. The summed E-state index contributed by atoms with van der Waals surface area (Å²) in [7, 11) is -1.40. The second-order valence-corrected chi connectivity index (χ2v) is 12.3. The van der Waals surface area contributed by atoms with Crippen molar-refractivity contribution in [1.29, 1.82) is 0 Å². The topological polar surface area (TPSA) is 85.8 Å². The number of pyridine rings is 1. The highest BCUT2D eigenvalue weighted by Gasteiger charge is 2.55. The first kappa shape index (κ1) is 23.7. The van der Waals surface area contributed by atoms with E-state index in [4.69, 9.17) is 0 Å². The van der Waals surface area contributed by atoms with Gasteiger partial charge in [-0.25, -0.2) is 17.8 Å². The van der Waals surface area contributed by atoms with Crippen molar-refractivity contribution < 1.29 is 17.9 Å². The highest BCUT2D eigenvalue weighted by Crippen LogP contribution is 2.49. The Morgan fingerprint density at radius 1 is 1.18 bits per heavy atom. The van der Waals surface area contributed by atoms with Crippen LogP contribution in [0.5, 0.6) is 0 Å². The van der Waals surface area contributed by atoms with Crippen molar-refractivity contribution >= 4 is 15.7 Å². The van der Waals surface area contributed by atoms with E-state index in [-0.39, 0.29) is 21.8 Å². The summed E-state index contributed by atoms with van der Waals surface area (Å²) >= 11 is 0. The third-order valence-electron chi connectivity index (χ3n) is 8.12. The molecule has 2 saturated carbocycles. The number of nitrogens with one attached hydrogen (secondary N) is 1. The van der Waals surface area contributed by atoms with Crippen molar-refractivity contribution in [2.24, 2.45) is 5.92 Å². The van der Waals surface area contributed by atoms with Crippen LogP contribution in [0, 0.1) is 11.7 Å². The van der Waals surface area contributed by atoms with Gasteiger partial charge in [0.05, 0.1) is 4.90 Å². The average molecular weight is 489 g/mol. The summed E-state index contributed by atoms with van der Waals surface area (Å²) in [6.07, 6.45) is 7.45. The van der Waals surface area contributed by atoms with Gasteiger partial charge in [0.25, 0.3) is 0 Å². The number of hydrogen-bond acceptors (Lipinski definition) is 7. The second kappa shape index (κ2) is 8.55. The van der Waals surface area contributed by atoms with Crippen LogP contribution in [0.1, 0.15) is 44.1 Å². The molecule has 1 aromatic heterocycles. The predicted molar refractivity (Wildman–Crippen MR) is 128 cm³/mol. The average Bonchev–Trinajstić information content (AvgIpc) is 3.61. The molecule has 7 nitrogen and oxygen atoms in total. The van der Waals surface area contributed by atoms with Crippen molar-refractivity contribution in [2.45, 2.75) is 60.9 Å². The van der Waals surface area contributed by atoms with Crippen LogP contribution in [-0.2, 0) is 15.4 Å². The highest BCUT2D eigenvalue weighted by molar-refractivity contribution is 7.90. The van der Waals surface area contributed by atoms with E-state index in [0.29, 0.717) is 18.3 Å². The summed E-state index contributed by atoms with van der Waals surface area (Å²) in [5, 5.41) is 14.9. The van der Waals surface area contributed by atoms with Crippen LogP contribution in [0.2, 0.25) is 0 Å². The zero-order valence-corrected chi connectivity index (χ0v) is 20.6. The SMILES string of the molecule is CNC1(c2cccc(F)c2)CCC2(CC1)CN(c1ccc(S(C)(=O)=O)cn1)C(O)N2CC1CC1. The Morgan fingerprint density at radius 2 is 1.91 bits per heavy atom. The Labute approximate surface area is 200 Å². The van der Waals surface area contributed by atoms with Gasteiger partial charge < -0.3 is 15.3 Å². The molecule has 184 valence electrons. The molecule has 1 unspecified atom stereocenters. The van der Waals surface area contributed by atoms with E-state index in [9.17, 15) is 17.9 Å². The molecule has 9 heteroatoms. The molecule has 3 aliphatic rings. The Bertz CT molecular complexity index is 1150. The van der Waals surface area contributed by atoms with Gasteiger partial charge in [-0.1, -0.05) is 12.1 Å². The number of aliphatic hydroxyl groups is 1. The first-order valence-corrected chi connectivity index (χ1v) is 13.9. The Kier molecular flexibility index (Phi) is 5.95. The monoisotopic (exact) mass is 488 g/mol. The highest BCUT2D eigenvalue weighted by atomic mass is 32.2. The zero-order valence-electron chi connectivity index (χ0n) is 19.7. The first-order chi connectivity index (χ1) is 16.2. The summed E-state index contributed by atoms with van der Waals surface area (Å²) < 4.78 is 37.7. The molecule has 0 bridgehead atoms. The lowest BCUT2D eigenvalue weighted by atomic mass is 9.69. The molecule has 1 aromatic carbocycles. The molecule has 2 N–H and O–H groups in total. The van der Waals surface area contributed by atoms with E-state index in [2.05, 4.69) is 15.2 Å². The van der Waals surface area contributed by atoms with Gasteiger partial charge in [-0.3, -0.25) is 4.90 Å². The van der Waals surface area contributed by atoms with Gasteiger partial charge in [0.15, 0.2) is 16.2 Å². The summed E-state index contributed by atoms with van der Waals surface area (Å²) in [5.41, 5.74) is 0.450. The van der Waals surface area contributed by atoms with Gasteiger partial charge >= 0.3 is 0 Å². The number of halogens is 1. The van der Waals surface area contributed by atoms with Crippen LogP contribution in [0.15, 0.2) is 47.5 Å². The van der Waals surface area contributed by atoms with Gasteiger partial charge in [-0.15, -0.1) is 0 Å². The quantitative estimate of drug-likeness (QED) is 0.647. The lowest BCUT2D eigenvalue weighted by Crippen LogP contribution is -2.56. The number of aliphatic hydroxyl groups excluding tert-OH is 1. The van der Waals surface area contributed by atoms with E-state index >= 15 is 0 Å². The van der Waals surface area contributed by atoms with E-state index in [0.717, 1.165) is 44.0 Å². The zero-order chi connectivity index (χ0) is 24.1. The standard InChI is InChI=1S/C25H33FN4O3S/c1-27-25(19-4-3-5-20(26)14-19)12-10-24(11-13-25)17-29(23(31)30(24)16-18-6-7-18)22-9-8-21(15-28-22)34(2,32)33/h3-5,8-9,14-15,18,23,27,31H,6-7,10-13,16-17H2,1-2H3. The maximum Gasteiger partial charge on any atom is 0.188 e. The number of hydrogen-bond donors (Lipinski definition) is 2. The maximum absolute atomic E-state index is 14.0. The minimum atomic E-state index is -3.33. The minimum Gasteiger partial charge on any atom is -0.361 e. The first-order valence-electron chi connectivity index (χ1n) is 12.0. The van der Waals surface area contributed by atoms with E-state index in [1.54, 1.807) is 24.3 Å². The Morgan fingerprint density at radius 3 is 2.47 bits per heavy atom. The van der Waals surface area contributed by atoms with Crippen molar-refractivity contribution in [3.63, 3.8) is 0 Å². The predicted octanol–water partition coefficient (Wildman–Crippen LogP) is 2.86. The number of nitrogens with zero attached hydrogens (tertiary/aromatic N) is 3. The summed E-state index contributed by atoms with van der Waals surface area (Å²) in [6, 6.07) is 10.1. The fraction of sp³-hybridized carbons (Fsp3) is 0.560. The Hall–Kier alpha value is -2.07. The number of benzene rings is 1. The van der Waals surface area contributed by atoms with Gasteiger partial charge in [-0.05, 0) is 81.3 Å². The van der Waals surface area contributed by atoms with Crippen LogP contribution in [-0.4, -0.2) is 61.7 Å². The van der Waals surface area contributed by atoms with Crippen molar-refractivity contribution in [3.05, 3.63) is 54.0 Å². The van der Waals surface area contributed by atoms with Crippen LogP contribution in [0.4, 0.5) is 10.2 Å². The lowest BCUT2D eigenvalue weighted by Gasteiger charge is -2.48. The van der Waals surface area contributed by atoms with E-state index in [1.807, 2.05) is 18.0 Å². The van der Waals surface area contributed by atoms with E-state index < -0.39 is 16.2 Å². The fourth-order valence-electron chi connectivity index (χ4n) is 5.79. The molecule has 1 atom stereocenters. The number of sulfone groups is 1. The van der Waals surface area contributed by atoms with Gasteiger partial charge in [0.2, 0.25) is 0 Å². The van der Waals surface area contributed by atoms with Crippen LogP contribution in [0.25, 0.3) is 0 Å². The van der Waals surface area contributed by atoms with Gasteiger partial charge in [-0.2, -0.15) is 0 Å². The number of anilines is 1. The molecule has 5 rings (SSSR count). The molecule has 3 fully saturated rings. The molecule has 34 heavy (non-hydrogen) atoms. The largest absolute Gasteiger partial charge is 0.361 e. The molecule has 2 aromatic rings. The van der Waals surface area contributed by atoms with E-state index in [1.165, 1.54) is 25.1 Å². The molecule has 1 aliphatic heterocycles. The summed E-state index contributed by atoms with van der Waals surface area (Å²) in [5.74, 6) is 0.952. The summed E-state index contributed by atoms with van der Waals surface area (Å²) in [6.45, 7) is 1.46. The molecule has 1 saturated heterocycles. The van der Waals surface area contributed by atoms with Crippen molar-refractivity contribution in [1.82, 2.24) is 15.2 Å². The van der Waals surface area contributed by atoms with Gasteiger partial charge in [0.1, 0.15) is 11.6 Å². The number of aromatic nitrogens is 1. The Balaban J connectivity index is 1.42. The van der Waals surface area contributed by atoms with Crippen LogP contribution in [0.3, 0.4) is 0 Å². The minimum absolute atomic E-state index is 0.168.